The summed E-state index contributed by atoms with van der Waals surface area (Å²) in [5.74, 6) is -0.0777. The fourth-order valence-electron chi connectivity index (χ4n) is 2.12. The van der Waals surface area contributed by atoms with Crippen molar-refractivity contribution in [3.05, 3.63) is 0 Å². The smallest absolute Gasteiger partial charge is 0.309 e. The summed E-state index contributed by atoms with van der Waals surface area (Å²) in [6.45, 7) is 6.65. The molecule has 1 atom stereocenters. The number of ether oxygens (including phenoxy) is 1. The first kappa shape index (κ1) is 15.4. The first-order chi connectivity index (χ1) is 8.38. The molecule has 1 aliphatic carbocycles. The van der Waals surface area contributed by atoms with Gasteiger partial charge in [-0.15, -0.1) is 0 Å². The van der Waals surface area contributed by atoms with E-state index in [1.54, 1.807) is 0 Å². The first-order valence-corrected chi connectivity index (χ1v) is 6.98. The zero-order valence-electron chi connectivity index (χ0n) is 11.9. The first-order valence-electron chi connectivity index (χ1n) is 6.98. The average Bonchev–Trinajstić information content (AvgIpc) is 2.33. The van der Waals surface area contributed by atoms with Crippen molar-refractivity contribution in [2.24, 2.45) is 5.92 Å². The average molecular weight is 257 g/mol. The van der Waals surface area contributed by atoms with Crippen molar-refractivity contribution in [3.8, 4) is 0 Å². The van der Waals surface area contributed by atoms with Crippen LogP contribution in [0.4, 0.5) is 0 Å². The van der Waals surface area contributed by atoms with Gasteiger partial charge < -0.3 is 15.2 Å². The van der Waals surface area contributed by atoms with Crippen molar-refractivity contribution >= 4 is 5.97 Å². The predicted octanol–water partition coefficient (Wildman–Crippen LogP) is 1.86. The lowest BCUT2D eigenvalue weighted by atomic mass is 9.89. The Hall–Kier alpha value is -0.610. The summed E-state index contributed by atoms with van der Waals surface area (Å²) in [6.07, 6.45) is 4.71. The summed E-state index contributed by atoms with van der Waals surface area (Å²) in [6, 6.07) is 0. The van der Waals surface area contributed by atoms with Gasteiger partial charge in [-0.1, -0.05) is 19.3 Å². The molecule has 0 aromatic rings. The topological polar surface area (TPSA) is 58.6 Å². The minimum Gasteiger partial charge on any atom is -0.463 e. The van der Waals surface area contributed by atoms with Crippen molar-refractivity contribution in [2.45, 2.75) is 64.5 Å². The van der Waals surface area contributed by atoms with Crippen LogP contribution in [0.25, 0.3) is 0 Å². The van der Waals surface area contributed by atoms with E-state index in [9.17, 15) is 9.90 Å². The Kier molecular flexibility index (Phi) is 6.09. The molecule has 106 valence electrons. The van der Waals surface area contributed by atoms with E-state index in [1.807, 2.05) is 20.8 Å². The van der Waals surface area contributed by atoms with Crippen LogP contribution < -0.4 is 5.32 Å². The lowest BCUT2D eigenvalue weighted by molar-refractivity contribution is -0.152. The molecule has 1 saturated carbocycles. The number of esters is 1. The Morgan fingerprint density at radius 3 is 2.50 bits per heavy atom. The molecule has 2 N–H and O–H groups in total. The summed E-state index contributed by atoms with van der Waals surface area (Å²) >= 11 is 0. The van der Waals surface area contributed by atoms with Crippen LogP contribution in [0, 0.1) is 5.92 Å². The Morgan fingerprint density at radius 2 is 1.94 bits per heavy atom. The van der Waals surface area contributed by atoms with Crippen molar-refractivity contribution < 1.29 is 14.6 Å². The normalized spacial score (nSPS) is 19.6. The number of hydrogen-bond donors (Lipinski definition) is 2. The summed E-state index contributed by atoms with van der Waals surface area (Å²) in [7, 11) is 0. The fourth-order valence-corrected chi connectivity index (χ4v) is 2.12. The molecule has 0 heterocycles. The zero-order valence-corrected chi connectivity index (χ0v) is 11.9. The Bertz CT molecular complexity index is 254. The van der Waals surface area contributed by atoms with Gasteiger partial charge in [0.2, 0.25) is 0 Å². The Balaban J connectivity index is 2.17. The number of aliphatic hydroxyl groups excluding tert-OH is 1. The van der Waals surface area contributed by atoms with E-state index in [0.29, 0.717) is 6.54 Å². The van der Waals surface area contributed by atoms with Crippen LogP contribution in [0.5, 0.6) is 0 Å². The lowest BCUT2D eigenvalue weighted by Crippen LogP contribution is -2.42. The SMILES string of the molecule is CC(C)(C)NCC(O)COC(=O)C1CCCCC1. The highest BCUT2D eigenvalue weighted by Crippen LogP contribution is 2.24. The molecule has 1 rings (SSSR count). The van der Waals surface area contributed by atoms with Crippen molar-refractivity contribution in [1.82, 2.24) is 5.32 Å². The van der Waals surface area contributed by atoms with E-state index in [4.69, 9.17) is 4.74 Å². The third-order valence-corrected chi connectivity index (χ3v) is 3.22. The van der Waals surface area contributed by atoms with Gasteiger partial charge in [0.1, 0.15) is 12.7 Å². The van der Waals surface area contributed by atoms with Crippen LogP contribution in [-0.4, -0.2) is 35.9 Å². The molecule has 0 saturated heterocycles. The van der Waals surface area contributed by atoms with E-state index in [0.717, 1.165) is 25.7 Å². The standard InChI is InChI=1S/C14H27NO3/c1-14(2,3)15-9-12(16)10-18-13(17)11-7-5-4-6-8-11/h11-12,15-16H,4-10H2,1-3H3. The van der Waals surface area contributed by atoms with Gasteiger partial charge in [0.15, 0.2) is 0 Å². The molecular weight excluding hydrogens is 230 g/mol. The molecule has 1 fully saturated rings. The molecule has 18 heavy (non-hydrogen) atoms. The molecule has 4 heteroatoms. The zero-order chi connectivity index (χ0) is 13.6. The minimum atomic E-state index is -0.628. The number of rotatable bonds is 5. The summed E-state index contributed by atoms with van der Waals surface area (Å²) in [4.78, 5) is 11.7. The molecular formula is C14H27NO3. The van der Waals surface area contributed by atoms with Gasteiger partial charge in [0.05, 0.1) is 5.92 Å². The van der Waals surface area contributed by atoms with E-state index < -0.39 is 6.10 Å². The molecule has 1 aliphatic rings. The second kappa shape index (κ2) is 7.10. The van der Waals surface area contributed by atoms with Gasteiger partial charge >= 0.3 is 5.97 Å². The maximum absolute atomic E-state index is 11.7. The third-order valence-electron chi connectivity index (χ3n) is 3.22. The predicted molar refractivity (Wildman–Crippen MR) is 71.3 cm³/mol. The molecule has 0 spiro atoms. The highest BCUT2D eigenvalue weighted by Gasteiger charge is 2.23. The maximum Gasteiger partial charge on any atom is 0.309 e. The van der Waals surface area contributed by atoms with Crippen LogP contribution in [0.3, 0.4) is 0 Å². The molecule has 0 amide bonds. The van der Waals surface area contributed by atoms with E-state index in [2.05, 4.69) is 5.32 Å². The van der Waals surface area contributed by atoms with Crippen LogP contribution in [0.1, 0.15) is 52.9 Å². The molecule has 0 aromatic carbocycles. The summed E-state index contributed by atoms with van der Waals surface area (Å²) in [5, 5.41) is 12.9. The quantitative estimate of drug-likeness (QED) is 0.738. The number of hydrogen-bond acceptors (Lipinski definition) is 4. The second-order valence-corrected chi connectivity index (χ2v) is 6.25. The monoisotopic (exact) mass is 257 g/mol. The largest absolute Gasteiger partial charge is 0.463 e. The summed E-state index contributed by atoms with van der Waals surface area (Å²) in [5.41, 5.74) is -0.0334. The molecule has 0 radical (unpaired) electrons. The molecule has 0 aromatic heterocycles. The third kappa shape index (κ3) is 6.36. The minimum absolute atomic E-state index is 0.0334. The van der Waals surface area contributed by atoms with E-state index in [1.165, 1.54) is 6.42 Å². The van der Waals surface area contributed by atoms with Gasteiger partial charge in [-0.2, -0.15) is 0 Å². The van der Waals surface area contributed by atoms with Gasteiger partial charge in [0, 0.05) is 12.1 Å². The van der Waals surface area contributed by atoms with Crippen molar-refractivity contribution in [3.63, 3.8) is 0 Å². The van der Waals surface area contributed by atoms with Crippen LogP contribution in [0.2, 0.25) is 0 Å². The van der Waals surface area contributed by atoms with Gasteiger partial charge in [-0.3, -0.25) is 4.79 Å². The van der Waals surface area contributed by atoms with Crippen molar-refractivity contribution in [2.75, 3.05) is 13.2 Å². The van der Waals surface area contributed by atoms with Gasteiger partial charge in [0.25, 0.3) is 0 Å². The van der Waals surface area contributed by atoms with E-state index >= 15 is 0 Å². The Morgan fingerprint density at radius 1 is 1.33 bits per heavy atom. The second-order valence-electron chi connectivity index (χ2n) is 6.25. The number of β-amino-alcohol motifs (C(OH)–C–C–N with tert-alkyl or cyclic N) is 1. The lowest BCUT2D eigenvalue weighted by Gasteiger charge is -2.24. The summed E-state index contributed by atoms with van der Waals surface area (Å²) < 4.78 is 5.18. The van der Waals surface area contributed by atoms with Gasteiger partial charge in [-0.25, -0.2) is 0 Å². The number of nitrogens with one attached hydrogen (secondary N) is 1. The van der Waals surface area contributed by atoms with Crippen LogP contribution in [0.15, 0.2) is 0 Å². The van der Waals surface area contributed by atoms with E-state index in [-0.39, 0.29) is 24.0 Å². The van der Waals surface area contributed by atoms with Crippen LogP contribution >= 0.6 is 0 Å². The highest BCUT2D eigenvalue weighted by molar-refractivity contribution is 5.72. The molecule has 0 bridgehead atoms. The number of aliphatic hydroxyl groups is 1. The Labute approximate surface area is 110 Å². The molecule has 1 unspecified atom stereocenters. The van der Waals surface area contributed by atoms with Crippen LogP contribution in [-0.2, 0) is 9.53 Å². The van der Waals surface area contributed by atoms with Crippen molar-refractivity contribution in [1.29, 1.82) is 0 Å². The molecule has 0 aliphatic heterocycles. The highest BCUT2D eigenvalue weighted by atomic mass is 16.5. The fraction of sp³-hybridized carbons (Fsp3) is 0.929. The number of carbonyl (C=O) groups excluding carboxylic acids is 1. The van der Waals surface area contributed by atoms with Gasteiger partial charge in [-0.05, 0) is 33.6 Å². The maximum atomic E-state index is 11.7. The molecule has 4 nitrogen and oxygen atoms in total. The number of carbonyl (C=O) groups is 1.